The van der Waals surface area contributed by atoms with Gasteiger partial charge in [0, 0.05) is 6.61 Å². The van der Waals surface area contributed by atoms with E-state index in [0.717, 1.165) is 0 Å². The molecule has 0 saturated carbocycles. The van der Waals surface area contributed by atoms with Gasteiger partial charge in [-0.25, -0.2) is 4.79 Å². The summed E-state index contributed by atoms with van der Waals surface area (Å²) < 4.78 is 9.85. The Labute approximate surface area is 71.8 Å². The van der Waals surface area contributed by atoms with Gasteiger partial charge in [-0.2, -0.15) is 0 Å². The number of hydrogen-bond acceptors (Lipinski definition) is 3. The minimum atomic E-state index is -1.05. The van der Waals surface area contributed by atoms with E-state index >= 15 is 0 Å². The average Bonchev–Trinajstić information content (AvgIpc) is 2.04. The monoisotopic (exact) mass is 174 g/mol. The minimum absolute atomic E-state index is 0.0327. The molecule has 0 rings (SSSR count). The van der Waals surface area contributed by atoms with Crippen molar-refractivity contribution in [3.63, 3.8) is 0 Å². The Morgan fingerprint density at radius 2 is 2.17 bits per heavy atom. The van der Waals surface area contributed by atoms with Crippen molar-refractivity contribution in [3.8, 4) is 0 Å². The summed E-state index contributed by atoms with van der Waals surface area (Å²) in [5.41, 5.74) is 0. The summed E-state index contributed by atoms with van der Waals surface area (Å²) in [7, 11) is 0. The van der Waals surface area contributed by atoms with Crippen LogP contribution in [0.5, 0.6) is 0 Å². The second kappa shape index (κ2) is 6.67. The van der Waals surface area contributed by atoms with Crippen LogP contribution in [0, 0.1) is 0 Å². The van der Waals surface area contributed by atoms with Gasteiger partial charge in [-0.05, 0) is 19.9 Å². The first kappa shape index (κ1) is 11.0. The van der Waals surface area contributed by atoms with E-state index in [9.17, 15) is 4.79 Å². The number of carboxylic acids is 1. The Morgan fingerprint density at radius 3 is 2.58 bits per heavy atom. The normalized spacial score (nSPS) is 11.3. The molecule has 0 aliphatic carbocycles. The van der Waals surface area contributed by atoms with Crippen LogP contribution in [0.15, 0.2) is 11.8 Å². The maximum absolute atomic E-state index is 10.4. The number of allylic oxidation sites excluding steroid dienone is 1. The van der Waals surface area contributed by atoms with E-state index in [4.69, 9.17) is 14.6 Å². The molecule has 0 aromatic carbocycles. The molecule has 0 unspecified atom stereocenters. The standard InChI is InChI=1S/C8H14O4/c1-3-7(8(9)10)12-6-5-11-4-2/h3H,4-6H2,1-2H3,(H,9,10). The molecule has 0 aromatic rings. The van der Waals surface area contributed by atoms with E-state index in [-0.39, 0.29) is 12.4 Å². The Balaban J connectivity index is 3.54. The van der Waals surface area contributed by atoms with E-state index < -0.39 is 5.97 Å². The van der Waals surface area contributed by atoms with Gasteiger partial charge in [0.15, 0.2) is 5.76 Å². The van der Waals surface area contributed by atoms with Gasteiger partial charge in [-0.1, -0.05) is 0 Å². The van der Waals surface area contributed by atoms with Crippen LogP contribution in [0.2, 0.25) is 0 Å². The molecule has 0 aromatic heterocycles. The highest BCUT2D eigenvalue weighted by Gasteiger charge is 2.05. The van der Waals surface area contributed by atoms with Crippen molar-refractivity contribution in [2.45, 2.75) is 13.8 Å². The lowest BCUT2D eigenvalue weighted by Crippen LogP contribution is -2.09. The molecule has 4 heteroatoms. The molecule has 0 radical (unpaired) electrons. The van der Waals surface area contributed by atoms with Crippen molar-refractivity contribution in [1.29, 1.82) is 0 Å². The summed E-state index contributed by atoms with van der Waals surface area (Å²) in [6.07, 6.45) is 1.41. The van der Waals surface area contributed by atoms with Crippen LogP contribution in [0.3, 0.4) is 0 Å². The molecule has 0 aliphatic heterocycles. The fourth-order valence-electron chi connectivity index (χ4n) is 0.623. The molecule has 0 spiro atoms. The highest BCUT2D eigenvalue weighted by molar-refractivity contribution is 5.84. The summed E-state index contributed by atoms with van der Waals surface area (Å²) >= 11 is 0. The molecule has 0 heterocycles. The number of ether oxygens (including phenoxy) is 2. The molecular formula is C8H14O4. The lowest BCUT2D eigenvalue weighted by Gasteiger charge is -2.05. The second-order valence-electron chi connectivity index (χ2n) is 2.00. The average molecular weight is 174 g/mol. The van der Waals surface area contributed by atoms with Crippen molar-refractivity contribution in [2.75, 3.05) is 19.8 Å². The Morgan fingerprint density at radius 1 is 1.50 bits per heavy atom. The zero-order valence-electron chi connectivity index (χ0n) is 7.37. The topological polar surface area (TPSA) is 55.8 Å². The zero-order chi connectivity index (χ0) is 9.40. The predicted octanol–water partition coefficient (Wildman–Crippen LogP) is 1.03. The Kier molecular flexibility index (Phi) is 6.09. The molecule has 0 aliphatic rings. The van der Waals surface area contributed by atoms with Crippen molar-refractivity contribution >= 4 is 5.97 Å². The fraction of sp³-hybridized carbons (Fsp3) is 0.625. The fourth-order valence-corrected chi connectivity index (χ4v) is 0.623. The largest absolute Gasteiger partial charge is 0.484 e. The Bertz CT molecular complexity index is 162. The van der Waals surface area contributed by atoms with Crippen molar-refractivity contribution < 1.29 is 19.4 Å². The smallest absolute Gasteiger partial charge is 0.370 e. The lowest BCUT2D eigenvalue weighted by atomic mass is 10.5. The third-order valence-electron chi connectivity index (χ3n) is 1.16. The molecule has 0 atom stereocenters. The molecule has 0 bridgehead atoms. The number of hydrogen-bond donors (Lipinski definition) is 1. The summed E-state index contributed by atoms with van der Waals surface area (Å²) in [4.78, 5) is 10.4. The van der Waals surface area contributed by atoms with Crippen LogP contribution in [0.25, 0.3) is 0 Å². The van der Waals surface area contributed by atoms with E-state index in [2.05, 4.69) is 0 Å². The molecule has 70 valence electrons. The van der Waals surface area contributed by atoms with Gasteiger partial charge in [0.2, 0.25) is 0 Å². The Hall–Kier alpha value is -1.03. The number of rotatable bonds is 6. The first-order valence-corrected chi connectivity index (χ1v) is 3.82. The first-order chi connectivity index (χ1) is 5.72. The molecule has 4 nitrogen and oxygen atoms in total. The summed E-state index contributed by atoms with van der Waals surface area (Å²) in [5.74, 6) is -1.08. The van der Waals surface area contributed by atoms with Gasteiger partial charge in [-0.3, -0.25) is 0 Å². The predicted molar refractivity (Wildman–Crippen MR) is 43.8 cm³/mol. The van der Waals surface area contributed by atoms with Gasteiger partial charge in [-0.15, -0.1) is 0 Å². The summed E-state index contributed by atoms with van der Waals surface area (Å²) in [6, 6.07) is 0. The molecule has 0 saturated heterocycles. The third kappa shape index (κ3) is 4.73. The van der Waals surface area contributed by atoms with Crippen molar-refractivity contribution in [1.82, 2.24) is 0 Å². The van der Waals surface area contributed by atoms with Crippen LogP contribution in [0.4, 0.5) is 0 Å². The highest BCUT2D eigenvalue weighted by atomic mass is 16.5. The van der Waals surface area contributed by atoms with E-state index in [1.54, 1.807) is 6.92 Å². The number of carboxylic acid groups (broad SMARTS) is 1. The molecular weight excluding hydrogens is 160 g/mol. The lowest BCUT2D eigenvalue weighted by molar-refractivity contribution is -0.136. The van der Waals surface area contributed by atoms with Gasteiger partial charge in [0.25, 0.3) is 0 Å². The van der Waals surface area contributed by atoms with Gasteiger partial charge < -0.3 is 14.6 Å². The number of aliphatic carboxylic acids is 1. The van der Waals surface area contributed by atoms with Crippen LogP contribution >= 0.6 is 0 Å². The van der Waals surface area contributed by atoms with Gasteiger partial charge >= 0.3 is 5.97 Å². The molecule has 0 fully saturated rings. The molecule has 1 N–H and O–H groups in total. The quantitative estimate of drug-likeness (QED) is 0.371. The summed E-state index contributed by atoms with van der Waals surface area (Å²) in [5, 5.41) is 8.50. The van der Waals surface area contributed by atoms with Crippen molar-refractivity contribution in [2.24, 2.45) is 0 Å². The first-order valence-electron chi connectivity index (χ1n) is 3.82. The van der Waals surface area contributed by atoms with Crippen LogP contribution in [-0.4, -0.2) is 30.9 Å². The number of carbonyl (C=O) groups is 1. The molecule has 0 amide bonds. The third-order valence-corrected chi connectivity index (χ3v) is 1.16. The minimum Gasteiger partial charge on any atom is -0.484 e. The van der Waals surface area contributed by atoms with E-state index in [1.165, 1.54) is 6.08 Å². The molecule has 12 heavy (non-hydrogen) atoms. The van der Waals surface area contributed by atoms with Crippen LogP contribution in [0.1, 0.15) is 13.8 Å². The summed E-state index contributed by atoms with van der Waals surface area (Å²) in [6.45, 7) is 4.79. The van der Waals surface area contributed by atoms with Crippen molar-refractivity contribution in [3.05, 3.63) is 11.8 Å². The van der Waals surface area contributed by atoms with Crippen LogP contribution < -0.4 is 0 Å². The van der Waals surface area contributed by atoms with Crippen LogP contribution in [-0.2, 0) is 14.3 Å². The zero-order valence-corrected chi connectivity index (χ0v) is 7.37. The van der Waals surface area contributed by atoms with Gasteiger partial charge in [0.1, 0.15) is 6.61 Å². The maximum Gasteiger partial charge on any atom is 0.370 e. The van der Waals surface area contributed by atoms with E-state index in [0.29, 0.717) is 13.2 Å². The van der Waals surface area contributed by atoms with E-state index in [1.807, 2.05) is 6.92 Å². The SMILES string of the molecule is CC=C(OCCOCC)C(=O)O. The van der Waals surface area contributed by atoms with Gasteiger partial charge in [0.05, 0.1) is 6.61 Å². The highest BCUT2D eigenvalue weighted by Crippen LogP contribution is 1.96. The second-order valence-corrected chi connectivity index (χ2v) is 2.00. The maximum atomic E-state index is 10.4.